The van der Waals surface area contributed by atoms with Gasteiger partial charge in [-0.05, 0) is 36.5 Å². The fourth-order valence-corrected chi connectivity index (χ4v) is 2.95. The number of nitrogens with zero attached hydrogens (tertiary/aromatic N) is 1. The van der Waals surface area contributed by atoms with Gasteiger partial charge in [0, 0.05) is 31.7 Å². The lowest BCUT2D eigenvalue weighted by molar-refractivity contribution is 0.0767. The van der Waals surface area contributed by atoms with Crippen LogP contribution < -0.4 is 5.32 Å². The summed E-state index contributed by atoms with van der Waals surface area (Å²) in [5.74, 6) is 1.75. The van der Waals surface area contributed by atoms with Gasteiger partial charge in [-0.15, -0.1) is 0 Å². The van der Waals surface area contributed by atoms with Crippen LogP contribution in [0.25, 0.3) is 0 Å². The monoisotopic (exact) mass is 252 g/mol. The Kier molecular flexibility index (Phi) is 4.38. The van der Waals surface area contributed by atoms with E-state index < -0.39 is 0 Å². The molecule has 0 aromatic heterocycles. The molecule has 2 aliphatic rings. The van der Waals surface area contributed by atoms with Crippen molar-refractivity contribution < 1.29 is 0 Å². The summed E-state index contributed by atoms with van der Waals surface area (Å²) < 4.78 is 0. The largest absolute Gasteiger partial charge is 0.311 e. The highest BCUT2D eigenvalue weighted by Gasteiger charge is 2.37. The number of rotatable bonds is 4. The van der Waals surface area contributed by atoms with Crippen molar-refractivity contribution in [3.8, 4) is 0 Å². The topological polar surface area (TPSA) is 15.3 Å². The van der Waals surface area contributed by atoms with Crippen LogP contribution in [0.15, 0.2) is 0 Å². The Hall–Kier alpha value is -0.0800. The van der Waals surface area contributed by atoms with Crippen molar-refractivity contribution in [2.75, 3.05) is 19.6 Å². The highest BCUT2D eigenvalue weighted by atomic mass is 15.2. The van der Waals surface area contributed by atoms with Crippen LogP contribution in [0.5, 0.6) is 0 Å². The van der Waals surface area contributed by atoms with Crippen molar-refractivity contribution in [3.05, 3.63) is 0 Å². The lowest BCUT2D eigenvalue weighted by Gasteiger charge is -2.43. The first-order valence-corrected chi connectivity index (χ1v) is 7.89. The van der Waals surface area contributed by atoms with Gasteiger partial charge in [-0.1, -0.05) is 34.6 Å². The molecule has 1 saturated heterocycles. The van der Waals surface area contributed by atoms with E-state index >= 15 is 0 Å². The molecule has 2 heteroatoms. The van der Waals surface area contributed by atoms with Gasteiger partial charge in [-0.2, -0.15) is 0 Å². The molecule has 0 spiro atoms. The van der Waals surface area contributed by atoms with Crippen LogP contribution in [-0.4, -0.2) is 36.6 Å². The Morgan fingerprint density at radius 2 is 1.94 bits per heavy atom. The maximum atomic E-state index is 3.78. The summed E-state index contributed by atoms with van der Waals surface area (Å²) in [6.45, 7) is 15.6. The average molecular weight is 252 g/mol. The molecule has 1 heterocycles. The molecule has 1 N–H and O–H groups in total. The van der Waals surface area contributed by atoms with Crippen LogP contribution in [0.4, 0.5) is 0 Å². The minimum Gasteiger partial charge on any atom is -0.311 e. The van der Waals surface area contributed by atoms with Crippen molar-refractivity contribution in [1.29, 1.82) is 0 Å². The highest BCUT2D eigenvalue weighted by Crippen LogP contribution is 2.35. The van der Waals surface area contributed by atoms with Crippen LogP contribution in [0.1, 0.15) is 53.9 Å². The summed E-state index contributed by atoms with van der Waals surface area (Å²) in [6.07, 6.45) is 4.19. The summed E-state index contributed by atoms with van der Waals surface area (Å²) in [7, 11) is 0. The zero-order chi connectivity index (χ0) is 13.3. The second-order valence-corrected chi connectivity index (χ2v) is 7.64. The molecule has 2 fully saturated rings. The van der Waals surface area contributed by atoms with E-state index in [-0.39, 0.29) is 0 Å². The van der Waals surface area contributed by atoms with Crippen LogP contribution >= 0.6 is 0 Å². The lowest BCUT2D eigenvalue weighted by atomic mass is 9.81. The third-order valence-electron chi connectivity index (χ3n) is 5.21. The maximum absolute atomic E-state index is 3.78. The Morgan fingerprint density at radius 1 is 1.28 bits per heavy atom. The second kappa shape index (κ2) is 5.50. The van der Waals surface area contributed by atoms with Crippen LogP contribution in [-0.2, 0) is 0 Å². The van der Waals surface area contributed by atoms with E-state index in [9.17, 15) is 0 Å². The standard InChI is InChI=1S/C16H32N2/c1-6-14-9-17-15(13-7-8-13)11-18(14)10-12(2)16(3,4)5/h12-15,17H,6-11H2,1-5H3. The van der Waals surface area contributed by atoms with Crippen molar-refractivity contribution in [1.82, 2.24) is 10.2 Å². The summed E-state index contributed by atoms with van der Waals surface area (Å²) in [5.41, 5.74) is 0.429. The number of hydrogen-bond donors (Lipinski definition) is 1. The van der Waals surface area contributed by atoms with Gasteiger partial charge in [0.05, 0.1) is 0 Å². The second-order valence-electron chi connectivity index (χ2n) is 7.64. The first kappa shape index (κ1) is 14.3. The van der Waals surface area contributed by atoms with Crippen LogP contribution in [0.3, 0.4) is 0 Å². The van der Waals surface area contributed by atoms with E-state index in [0.717, 1.165) is 23.9 Å². The van der Waals surface area contributed by atoms with Gasteiger partial charge in [0.1, 0.15) is 0 Å². The first-order chi connectivity index (χ1) is 8.41. The van der Waals surface area contributed by atoms with E-state index in [1.807, 2.05) is 0 Å². The molecule has 0 aromatic rings. The minimum atomic E-state index is 0.429. The molecule has 18 heavy (non-hydrogen) atoms. The molecule has 0 amide bonds. The first-order valence-electron chi connectivity index (χ1n) is 7.89. The molecule has 0 aromatic carbocycles. The van der Waals surface area contributed by atoms with Crippen molar-refractivity contribution >= 4 is 0 Å². The normalized spacial score (nSPS) is 32.5. The molecule has 1 aliphatic heterocycles. The molecule has 106 valence electrons. The van der Waals surface area contributed by atoms with Crippen molar-refractivity contribution in [2.45, 2.75) is 66.0 Å². The van der Waals surface area contributed by atoms with Gasteiger partial charge in [0.2, 0.25) is 0 Å². The average Bonchev–Trinajstić information content (AvgIpc) is 3.11. The third kappa shape index (κ3) is 3.48. The van der Waals surface area contributed by atoms with Crippen molar-refractivity contribution in [3.63, 3.8) is 0 Å². The predicted molar refractivity (Wildman–Crippen MR) is 78.8 cm³/mol. The van der Waals surface area contributed by atoms with Gasteiger partial charge in [0.15, 0.2) is 0 Å². The van der Waals surface area contributed by atoms with E-state index in [4.69, 9.17) is 0 Å². The summed E-state index contributed by atoms with van der Waals surface area (Å²) in [6, 6.07) is 1.53. The Balaban J connectivity index is 1.93. The van der Waals surface area contributed by atoms with Gasteiger partial charge < -0.3 is 5.32 Å². The molecule has 1 saturated carbocycles. The van der Waals surface area contributed by atoms with Gasteiger partial charge in [0.25, 0.3) is 0 Å². The smallest absolute Gasteiger partial charge is 0.0224 e. The molecule has 0 radical (unpaired) electrons. The number of piperazine rings is 1. The lowest BCUT2D eigenvalue weighted by Crippen LogP contribution is -2.58. The van der Waals surface area contributed by atoms with Crippen LogP contribution in [0, 0.1) is 17.3 Å². The molecular weight excluding hydrogens is 220 g/mol. The van der Waals surface area contributed by atoms with Gasteiger partial charge >= 0.3 is 0 Å². The zero-order valence-electron chi connectivity index (χ0n) is 13.0. The number of hydrogen-bond acceptors (Lipinski definition) is 2. The molecule has 3 atom stereocenters. The molecule has 3 unspecified atom stereocenters. The Labute approximate surface area is 114 Å². The minimum absolute atomic E-state index is 0.429. The molecule has 2 rings (SSSR count). The molecule has 2 nitrogen and oxygen atoms in total. The van der Waals surface area contributed by atoms with Crippen LogP contribution in [0.2, 0.25) is 0 Å². The predicted octanol–water partition coefficient (Wildman–Crippen LogP) is 3.13. The summed E-state index contributed by atoms with van der Waals surface area (Å²) in [5, 5.41) is 3.78. The van der Waals surface area contributed by atoms with Gasteiger partial charge in [-0.3, -0.25) is 4.90 Å². The summed E-state index contributed by atoms with van der Waals surface area (Å²) >= 11 is 0. The van der Waals surface area contributed by atoms with E-state index in [0.29, 0.717) is 5.41 Å². The van der Waals surface area contributed by atoms with Gasteiger partial charge in [-0.25, -0.2) is 0 Å². The molecule has 1 aliphatic carbocycles. The summed E-state index contributed by atoms with van der Waals surface area (Å²) in [4.78, 5) is 2.77. The van der Waals surface area contributed by atoms with Crippen molar-refractivity contribution in [2.24, 2.45) is 17.3 Å². The van der Waals surface area contributed by atoms with E-state index in [1.54, 1.807) is 0 Å². The Bertz CT molecular complexity index is 265. The Morgan fingerprint density at radius 3 is 2.44 bits per heavy atom. The van der Waals surface area contributed by atoms with E-state index in [1.165, 1.54) is 38.9 Å². The highest BCUT2D eigenvalue weighted by molar-refractivity contribution is 4.94. The molecule has 0 bridgehead atoms. The maximum Gasteiger partial charge on any atom is 0.0224 e. The number of nitrogens with one attached hydrogen (secondary N) is 1. The fraction of sp³-hybridized carbons (Fsp3) is 1.00. The zero-order valence-corrected chi connectivity index (χ0v) is 13.0. The SMILES string of the molecule is CCC1CNC(C2CC2)CN1CC(C)C(C)(C)C. The third-order valence-corrected chi connectivity index (χ3v) is 5.21. The fourth-order valence-electron chi connectivity index (χ4n) is 2.95. The van der Waals surface area contributed by atoms with E-state index in [2.05, 4.69) is 44.8 Å². The molecular formula is C16H32N2. The quantitative estimate of drug-likeness (QED) is 0.827.